The molecule has 0 aliphatic carbocycles. The van der Waals surface area contributed by atoms with Crippen molar-refractivity contribution >= 4 is 11.9 Å². The molecule has 3 N–H and O–H groups in total. The number of carbonyl (C=O) groups is 2. The van der Waals surface area contributed by atoms with Gasteiger partial charge in [0.15, 0.2) is 0 Å². The van der Waals surface area contributed by atoms with Crippen LogP contribution in [0.1, 0.15) is 13.3 Å². The molecule has 0 saturated carbocycles. The summed E-state index contributed by atoms with van der Waals surface area (Å²) in [7, 11) is 1.56. The number of imide groups is 1. The molecular formula is C11H23N3O4. The summed E-state index contributed by atoms with van der Waals surface area (Å²) in [5, 5.41) is 13.6. The Bertz CT molecular complexity index is 248. The number of methoxy groups -OCH3 is 1. The topological polar surface area (TPSA) is 90.9 Å². The van der Waals surface area contributed by atoms with Crippen molar-refractivity contribution in [1.82, 2.24) is 15.5 Å². The van der Waals surface area contributed by atoms with E-state index in [1.807, 2.05) is 6.92 Å². The lowest BCUT2D eigenvalue weighted by Gasteiger charge is -2.19. The minimum atomic E-state index is -0.488. The molecule has 0 aromatic rings. The van der Waals surface area contributed by atoms with Crippen LogP contribution >= 0.6 is 0 Å². The predicted octanol–water partition coefficient (Wildman–Crippen LogP) is -0.837. The van der Waals surface area contributed by atoms with Crippen LogP contribution in [0.15, 0.2) is 0 Å². The molecule has 0 saturated heterocycles. The Balaban J connectivity index is 3.96. The van der Waals surface area contributed by atoms with E-state index in [0.29, 0.717) is 26.2 Å². The number of carbonyl (C=O) groups excluding carboxylic acids is 2. The van der Waals surface area contributed by atoms with E-state index in [1.54, 1.807) is 12.0 Å². The van der Waals surface area contributed by atoms with Crippen LogP contribution in [-0.4, -0.2) is 68.4 Å². The lowest BCUT2D eigenvalue weighted by Crippen LogP contribution is -2.45. The van der Waals surface area contributed by atoms with Gasteiger partial charge in [-0.25, -0.2) is 4.79 Å². The van der Waals surface area contributed by atoms with Crippen molar-refractivity contribution < 1.29 is 19.4 Å². The Morgan fingerprint density at radius 3 is 2.61 bits per heavy atom. The maximum absolute atomic E-state index is 11.5. The van der Waals surface area contributed by atoms with Gasteiger partial charge >= 0.3 is 6.03 Å². The van der Waals surface area contributed by atoms with Crippen molar-refractivity contribution in [2.45, 2.75) is 13.3 Å². The second kappa shape index (κ2) is 10.9. The molecule has 0 aliphatic rings. The molecule has 0 rings (SSSR count). The maximum atomic E-state index is 11.5. The fourth-order valence-corrected chi connectivity index (χ4v) is 1.28. The first-order chi connectivity index (χ1) is 8.63. The number of amides is 3. The molecule has 3 amide bonds. The summed E-state index contributed by atoms with van der Waals surface area (Å²) >= 11 is 0. The number of hydrogen-bond acceptors (Lipinski definition) is 5. The van der Waals surface area contributed by atoms with E-state index in [4.69, 9.17) is 9.84 Å². The zero-order valence-electron chi connectivity index (χ0n) is 11.1. The minimum Gasteiger partial charge on any atom is -0.395 e. The molecule has 0 heterocycles. The van der Waals surface area contributed by atoms with Gasteiger partial charge in [-0.05, 0) is 6.42 Å². The Hall–Kier alpha value is -1.18. The average molecular weight is 261 g/mol. The second-order valence-corrected chi connectivity index (χ2v) is 3.80. The Kier molecular flexibility index (Phi) is 10.2. The third-order valence-corrected chi connectivity index (χ3v) is 2.18. The third-order valence-electron chi connectivity index (χ3n) is 2.18. The lowest BCUT2D eigenvalue weighted by atomic mass is 10.4. The number of rotatable bonds is 9. The molecule has 0 atom stereocenters. The molecule has 106 valence electrons. The van der Waals surface area contributed by atoms with Crippen molar-refractivity contribution in [3.05, 3.63) is 0 Å². The van der Waals surface area contributed by atoms with E-state index in [1.165, 1.54) is 0 Å². The van der Waals surface area contributed by atoms with Gasteiger partial charge in [0.1, 0.15) is 0 Å². The number of ether oxygens (including phenoxy) is 1. The smallest absolute Gasteiger partial charge is 0.321 e. The molecule has 0 spiro atoms. The summed E-state index contributed by atoms with van der Waals surface area (Å²) < 4.78 is 4.90. The van der Waals surface area contributed by atoms with Gasteiger partial charge in [-0.15, -0.1) is 0 Å². The molecule has 0 aromatic carbocycles. The van der Waals surface area contributed by atoms with E-state index in [2.05, 4.69) is 10.6 Å². The summed E-state index contributed by atoms with van der Waals surface area (Å²) in [6.45, 7) is 3.84. The summed E-state index contributed by atoms with van der Waals surface area (Å²) in [5.74, 6) is -0.395. The van der Waals surface area contributed by atoms with Crippen molar-refractivity contribution in [1.29, 1.82) is 0 Å². The van der Waals surface area contributed by atoms with Gasteiger partial charge in [0, 0.05) is 26.7 Å². The van der Waals surface area contributed by atoms with Crippen molar-refractivity contribution in [2.24, 2.45) is 0 Å². The van der Waals surface area contributed by atoms with Gasteiger partial charge in [-0.1, -0.05) is 6.92 Å². The largest absolute Gasteiger partial charge is 0.395 e. The van der Waals surface area contributed by atoms with Crippen LogP contribution in [0.25, 0.3) is 0 Å². The zero-order valence-corrected chi connectivity index (χ0v) is 11.1. The predicted molar refractivity (Wildman–Crippen MR) is 67.2 cm³/mol. The van der Waals surface area contributed by atoms with Crippen molar-refractivity contribution in [3.63, 3.8) is 0 Å². The highest BCUT2D eigenvalue weighted by molar-refractivity contribution is 5.95. The molecular weight excluding hydrogens is 238 g/mol. The van der Waals surface area contributed by atoms with E-state index in [-0.39, 0.29) is 13.2 Å². The molecule has 0 unspecified atom stereocenters. The zero-order chi connectivity index (χ0) is 13.8. The Morgan fingerprint density at radius 2 is 2.06 bits per heavy atom. The summed E-state index contributed by atoms with van der Waals surface area (Å²) in [5.41, 5.74) is 0. The number of nitrogens with one attached hydrogen (secondary N) is 2. The van der Waals surface area contributed by atoms with Crippen LogP contribution < -0.4 is 10.6 Å². The van der Waals surface area contributed by atoms with Crippen LogP contribution in [-0.2, 0) is 9.53 Å². The highest BCUT2D eigenvalue weighted by Gasteiger charge is 2.12. The summed E-state index contributed by atoms with van der Waals surface area (Å²) in [6, 6.07) is -0.488. The van der Waals surface area contributed by atoms with Crippen molar-refractivity contribution in [2.75, 3.05) is 46.5 Å². The van der Waals surface area contributed by atoms with Crippen molar-refractivity contribution in [3.8, 4) is 0 Å². The lowest BCUT2D eigenvalue weighted by molar-refractivity contribution is -0.121. The summed E-state index contributed by atoms with van der Waals surface area (Å²) in [4.78, 5) is 24.5. The SMILES string of the molecule is CCCNC(=O)NC(=O)CN(CCO)CCOC. The second-order valence-electron chi connectivity index (χ2n) is 3.80. The van der Waals surface area contributed by atoms with Crippen LogP contribution in [0.3, 0.4) is 0 Å². The van der Waals surface area contributed by atoms with Crippen LogP contribution in [0.4, 0.5) is 4.79 Å². The number of hydrogen-bond donors (Lipinski definition) is 3. The molecule has 7 heteroatoms. The number of nitrogens with zero attached hydrogens (tertiary/aromatic N) is 1. The van der Waals surface area contributed by atoms with Crippen LogP contribution in [0.5, 0.6) is 0 Å². The quantitative estimate of drug-likeness (QED) is 0.503. The summed E-state index contributed by atoms with van der Waals surface area (Å²) in [6.07, 6.45) is 0.812. The highest BCUT2D eigenvalue weighted by Crippen LogP contribution is 1.88. The molecule has 18 heavy (non-hydrogen) atoms. The van der Waals surface area contributed by atoms with Gasteiger partial charge in [-0.2, -0.15) is 0 Å². The minimum absolute atomic E-state index is 0.0426. The van der Waals surface area contributed by atoms with E-state index in [9.17, 15) is 9.59 Å². The van der Waals surface area contributed by atoms with Gasteiger partial charge in [-0.3, -0.25) is 15.0 Å². The first-order valence-electron chi connectivity index (χ1n) is 6.03. The maximum Gasteiger partial charge on any atom is 0.321 e. The van der Waals surface area contributed by atoms with Gasteiger partial charge in [0.05, 0.1) is 19.8 Å². The number of aliphatic hydroxyl groups excluding tert-OH is 1. The Labute approximate surface area is 107 Å². The molecule has 0 fully saturated rings. The normalized spacial score (nSPS) is 10.4. The molecule has 0 bridgehead atoms. The molecule has 0 aromatic heterocycles. The number of urea groups is 1. The fourth-order valence-electron chi connectivity index (χ4n) is 1.28. The van der Waals surface area contributed by atoms with Gasteiger partial charge < -0.3 is 15.2 Å². The average Bonchev–Trinajstić information content (AvgIpc) is 2.33. The standard InChI is InChI=1S/C11H23N3O4/c1-3-4-12-11(17)13-10(16)9-14(5-7-15)6-8-18-2/h15H,3-9H2,1-2H3,(H2,12,13,16,17). The van der Waals surface area contributed by atoms with E-state index in [0.717, 1.165) is 6.42 Å². The Morgan fingerprint density at radius 1 is 1.33 bits per heavy atom. The number of aliphatic hydroxyl groups is 1. The van der Waals surface area contributed by atoms with E-state index >= 15 is 0 Å². The van der Waals surface area contributed by atoms with Crippen LogP contribution in [0, 0.1) is 0 Å². The monoisotopic (exact) mass is 261 g/mol. The van der Waals surface area contributed by atoms with Gasteiger partial charge in [0.25, 0.3) is 0 Å². The molecule has 0 radical (unpaired) electrons. The van der Waals surface area contributed by atoms with E-state index < -0.39 is 11.9 Å². The molecule has 0 aliphatic heterocycles. The first-order valence-corrected chi connectivity index (χ1v) is 6.03. The van der Waals surface area contributed by atoms with Gasteiger partial charge in [0.2, 0.25) is 5.91 Å². The molecule has 7 nitrogen and oxygen atoms in total. The fraction of sp³-hybridized carbons (Fsp3) is 0.818. The highest BCUT2D eigenvalue weighted by atomic mass is 16.5. The van der Waals surface area contributed by atoms with Crippen LogP contribution in [0.2, 0.25) is 0 Å². The third kappa shape index (κ3) is 8.91. The first kappa shape index (κ1) is 16.8.